The standard InChI is InChI=1S/C36H42Cl2N10O6/c1-5-23(33(49)43-35(51)52)47-25(15-17-45(47)3)31-39-27(29(37)41-31)21-11-7-19(8-12-21)20-9-13-22(14-10-20)28-30(38)42-32(40-28)26-16-18-46(4)48(26)24(6-2)34(50)44-36(53)54/h7-14,23-26H,5-6,15-18H2,1-4H3,(H,39,41)(H,40,42)(H,43,49)(H,44,50)(H,51,52)(H,53,54)/t23-,24-,25-,26-/m0/s1. The molecular formula is C36H42Cl2N10O6. The highest BCUT2D eigenvalue weighted by Gasteiger charge is 2.42. The van der Waals surface area contributed by atoms with Gasteiger partial charge in [-0.05, 0) is 36.8 Å². The average molecular weight is 782 g/mol. The second-order valence-electron chi connectivity index (χ2n) is 13.3. The van der Waals surface area contributed by atoms with E-state index in [9.17, 15) is 19.2 Å². The van der Waals surface area contributed by atoms with Crippen LogP contribution in [0.15, 0.2) is 48.5 Å². The number of carbonyl (C=O) groups is 4. The molecule has 0 spiro atoms. The predicted molar refractivity (Wildman–Crippen MR) is 201 cm³/mol. The van der Waals surface area contributed by atoms with Crippen LogP contribution in [0.1, 0.15) is 63.3 Å². The van der Waals surface area contributed by atoms with Crippen molar-refractivity contribution in [3.05, 3.63) is 70.5 Å². The Balaban J connectivity index is 1.17. The van der Waals surface area contributed by atoms with Gasteiger partial charge in [-0.15, -0.1) is 0 Å². The van der Waals surface area contributed by atoms with E-state index in [1.54, 1.807) is 0 Å². The fraction of sp³-hybridized carbons (Fsp3) is 0.389. The monoisotopic (exact) mass is 780 g/mol. The third-order valence-corrected chi connectivity index (χ3v) is 10.5. The lowest BCUT2D eigenvalue weighted by molar-refractivity contribution is -0.134. The Hall–Kier alpha value is -4.84. The van der Waals surface area contributed by atoms with Crippen LogP contribution in [-0.4, -0.2) is 113 Å². The first kappa shape index (κ1) is 38.9. The van der Waals surface area contributed by atoms with Crippen LogP contribution in [0.4, 0.5) is 9.59 Å². The number of benzene rings is 2. The van der Waals surface area contributed by atoms with E-state index < -0.39 is 36.1 Å². The van der Waals surface area contributed by atoms with Crippen LogP contribution < -0.4 is 10.6 Å². The lowest BCUT2D eigenvalue weighted by Gasteiger charge is -2.34. The van der Waals surface area contributed by atoms with Gasteiger partial charge in [0.1, 0.15) is 45.4 Å². The number of amides is 4. The topological polar surface area (TPSA) is 203 Å². The molecule has 0 saturated carbocycles. The highest BCUT2D eigenvalue weighted by atomic mass is 35.5. The Morgan fingerprint density at radius 2 is 1.02 bits per heavy atom. The second-order valence-corrected chi connectivity index (χ2v) is 14.0. The van der Waals surface area contributed by atoms with E-state index in [0.717, 1.165) is 22.3 Å². The number of carboxylic acid groups (broad SMARTS) is 2. The Kier molecular flexibility index (Phi) is 11.7. The summed E-state index contributed by atoms with van der Waals surface area (Å²) in [7, 11) is 3.71. The number of halogens is 2. The molecule has 286 valence electrons. The van der Waals surface area contributed by atoms with Crippen molar-refractivity contribution >= 4 is 47.2 Å². The fourth-order valence-corrected chi connectivity index (χ4v) is 7.96. The van der Waals surface area contributed by atoms with Crippen LogP contribution in [0.25, 0.3) is 33.6 Å². The lowest BCUT2D eigenvalue weighted by atomic mass is 10.0. The molecule has 2 aromatic heterocycles. The maximum Gasteiger partial charge on any atom is 0.411 e. The predicted octanol–water partition coefficient (Wildman–Crippen LogP) is 5.77. The molecule has 2 saturated heterocycles. The minimum absolute atomic E-state index is 0.306. The van der Waals surface area contributed by atoms with Crippen molar-refractivity contribution in [2.24, 2.45) is 0 Å². The Labute approximate surface area is 321 Å². The van der Waals surface area contributed by atoms with Gasteiger partial charge in [0.15, 0.2) is 0 Å². The maximum atomic E-state index is 12.7. The van der Waals surface area contributed by atoms with Gasteiger partial charge in [-0.25, -0.2) is 39.6 Å². The summed E-state index contributed by atoms with van der Waals surface area (Å²) in [6, 6.07) is 13.6. The van der Waals surface area contributed by atoms with Gasteiger partial charge in [-0.3, -0.25) is 20.2 Å². The largest absolute Gasteiger partial charge is 0.465 e. The van der Waals surface area contributed by atoms with E-state index in [0.29, 0.717) is 72.1 Å². The normalized spacial score (nSPS) is 19.5. The van der Waals surface area contributed by atoms with Crippen LogP contribution in [0, 0.1) is 0 Å². The smallest absolute Gasteiger partial charge is 0.411 e. The summed E-state index contributed by atoms with van der Waals surface area (Å²) in [5, 5.41) is 30.4. The van der Waals surface area contributed by atoms with Crippen molar-refractivity contribution in [2.45, 2.75) is 63.7 Å². The minimum Gasteiger partial charge on any atom is -0.465 e. The lowest BCUT2D eigenvalue weighted by Crippen LogP contribution is -2.52. The van der Waals surface area contributed by atoms with Gasteiger partial charge in [0.2, 0.25) is 11.8 Å². The van der Waals surface area contributed by atoms with Gasteiger partial charge in [0, 0.05) is 38.3 Å². The van der Waals surface area contributed by atoms with Crippen LogP contribution in [0.5, 0.6) is 0 Å². The zero-order valence-corrected chi connectivity index (χ0v) is 31.6. The molecule has 18 heteroatoms. The van der Waals surface area contributed by atoms with Crippen LogP contribution >= 0.6 is 23.2 Å². The van der Waals surface area contributed by atoms with E-state index >= 15 is 0 Å². The molecular weight excluding hydrogens is 739 g/mol. The van der Waals surface area contributed by atoms with E-state index in [1.807, 2.05) is 107 Å². The zero-order valence-electron chi connectivity index (χ0n) is 30.1. The van der Waals surface area contributed by atoms with Gasteiger partial charge < -0.3 is 20.2 Å². The third kappa shape index (κ3) is 7.85. The number of hydrogen-bond donors (Lipinski definition) is 6. The molecule has 4 atom stereocenters. The van der Waals surface area contributed by atoms with Crippen molar-refractivity contribution < 1.29 is 29.4 Å². The summed E-state index contributed by atoms with van der Waals surface area (Å²) in [5.41, 5.74) is 4.64. The molecule has 0 radical (unpaired) electrons. The number of aromatic nitrogens is 4. The summed E-state index contributed by atoms with van der Waals surface area (Å²) in [6.07, 6.45) is -0.664. The summed E-state index contributed by atoms with van der Waals surface area (Å²) in [5.74, 6) is -0.0246. The molecule has 0 unspecified atom stereocenters. The maximum absolute atomic E-state index is 12.7. The molecule has 0 bridgehead atoms. The number of hydrogen-bond acceptors (Lipinski definition) is 10. The first-order valence-corrected chi connectivity index (χ1v) is 18.3. The molecule has 4 amide bonds. The molecule has 4 heterocycles. The van der Waals surface area contributed by atoms with Crippen LogP contribution in [0.3, 0.4) is 0 Å². The number of carbonyl (C=O) groups excluding carboxylic acids is 2. The highest BCUT2D eigenvalue weighted by Crippen LogP contribution is 2.38. The molecule has 6 rings (SSSR count). The van der Waals surface area contributed by atoms with E-state index in [2.05, 4.69) is 9.97 Å². The van der Waals surface area contributed by atoms with E-state index in [-0.39, 0.29) is 12.1 Å². The summed E-state index contributed by atoms with van der Waals surface area (Å²) in [6.45, 7) is 4.97. The molecule has 2 aliphatic rings. The van der Waals surface area contributed by atoms with E-state index in [1.165, 1.54) is 0 Å². The molecule has 54 heavy (non-hydrogen) atoms. The van der Waals surface area contributed by atoms with Crippen molar-refractivity contribution in [1.29, 1.82) is 0 Å². The fourth-order valence-electron chi connectivity index (χ4n) is 7.46. The zero-order chi connectivity index (χ0) is 38.8. The van der Waals surface area contributed by atoms with Gasteiger partial charge in [-0.1, -0.05) is 85.6 Å². The van der Waals surface area contributed by atoms with Crippen LogP contribution in [-0.2, 0) is 9.59 Å². The Bertz CT molecular complexity index is 1880. The second kappa shape index (κ2) is 16.3. The summed E-state index contributed by atoms with van der Waals surface area (Å²) >= 11 is 13.3. The summed E-state index contributed by atoms with van der Waals surface area (Å²) in [4.78, 5) is 63.9. The van der Waals surface area contributed by atoms with Crippen molar-refractivity contribution in [1.82, 2.24) is 50.6 Å². The number of rotatable bonds is 11. The Morgan fingerprint density at radius 3 is 1.33 bits per heavy atom. The van der Waals surface area contributed by atoms with Gasteiger partial charge in [0.25, 0.3) is 0 Å². The molecule has 0 aliphatic carbocycles. The quantitative estimate of drug-likeness (QED) is 0.107. The molecule has 16 nitrogen and oxygen atoms in total. The SMILES string of the molecule is CC[C@@H](C(=O)NC(=O)O)N1[C@H](c2nc(-c3ccc(-c4ccc(-c5nc([C@@H]6CCN(C)N6[C@@H](CC)C(=O)NC(=O)O)[nH]c5Cl)cc4)cc3)c(Cl)[nH]2)CCN1C. The van der Waals surface area contributed by atoms with Gasteiger partial charge in [-0.2, -0.15) is 0 Å². The van der Waals surface area contributed by atoms with Crippen molar-refractivity contribution in [3.63, 3.8) is 0 Å². The number of nitrogens with one attached hydrogen (secondary N) is 4. The molecule has 2 aliphatic heterocycles. The first-order valence-electron chi connectivity index (χ1n) is 17.6. The number of hydrazine groups is 2. The third-order valence-electron chi connectivity index (χ3n) is 9.99. The number of imide groups is 2. The van der Waals surface area contributed by atoms with Gasteiger partial charge in [0.05, 0.1) is 12.1 Å². The number of H-pyrrole nitrogens is 2. The van der Waals surface area contributed by atoms with Crippen LogP contribution in [0.2, 0.25) is 10.3 Å². The van der Waals surface area contributed by atoms with Crippen molar-refractivity contribution in [3.8, 4) is 33.6 Å². The summed E-state index contributed by atoms with van der Waals surface area (Å²) < 4.78 is 0. The first-order chi connectivity index (χ1) is 25.8. The average Bonchev–Trinajstić information content (AvgIpc) is 3.91. The highest BCUT2D eigenvalue weighted by molar-refractivity contribution is 6.32. The number of imidazole rings is 2. The molecule has 4 aromatic rings. The number of aromatic amines is 2. The Morgan fingerprint density at radius 1 is 0.685 bits per heavy atom. The van der Waals surface area contributed by atoms with Crippen molar-refractivity contribution in [2.75, 3.05) is 27.2 Å². The van der Waals surface area contributed by atoms with Gasteiger partial charge >= 0.3 is 12.2 Å². The molecule has 2 aromatic carbocycles. The molecule has 2 fully saturated rings. The van der Waals surface area contributed by atoms with E-state index in [4.69, 9.17) is 43.4 Å². The number of nitrogens with zero attached hydrogens (tertiary/aromatic N) is 6. The molecule has 6 N–H and O–H groups in total. The minimum atomic E-state index is -1.40.